The molecule has 6 nitrogen and oxygen atoms in total. The van der Waals surface area contributed by atoms with Crippen molar-refractivity contribution in [1.29, 1.82) is 0 Å². The van der Waals surface area contributed by atoms with Gasteiger partial charge in [-0.15, -0.1) is 0 Å². The van der Waals surface area contributed by atoms with Crippen molar-refractivity contribution in [3.05, 3.63) is 68.9 Å². The highest BCUT2D eigenvalue weighted by Gasteiger charge is 2.22. The van der Waals surface area contributed by atoms with Crippen LogP contribution >= 0.6 is 39.1 Å². The molecule has 1 aromatic heterocycles. The third-order valence-corrected chi connectivity index (χ3v) is 6.65. The van der Waals surface area contributed by atoms with Crippen molar-refractivity contribution in [2.75, 3.05) is 5.32 Å². The van der Waals surface area contributed by atoms with E-state index in [2.05, 4.69) is 30.6 Å². The van der Waals surface area contributed by atoms with Crippen molar-refractivity contribution in [2.24, 2.45) is 0 Å². The molecule has 0 atom stereocenters. The lowest BCUT2D eigenvalue weighted by atomic mass is 10.1. The van der Waals surface area contributed by atoms with E-state index in [9.17, 15) is 17.6 Å². The SMILES string of the molecule is O=C(Cc1cccc(Br)c1F)Nc1nc(S(=O)(=O)Cc2ccc(Cl)cc2)ns1. The Morgan fingerprint density at radius 2 is 1.93 bits per heavy atom. The number of rotatable bonds is 6. The minimum absolute atomic E-state index is 0.0232. The zero-order valence-corrected chi connectivity index (χ0v) is 18.0. The fourth-order valence-corrected chi connectivity index (χ4v) is 4.91. The molecule has 2 aromatic carbocycles. The topological polar surface area (TPSA) is 89.0 Å². The monoisotopic (exact) mass is 503 g/mol. The second kappa shape index (κ2) is 8.64. The standard InChI is InChI=1S/C17H12BrClFN3O3S2/c18-13-3-1-2-11(15(13)20)8-14(24)21-16-22-17(23-27-16)28(25,26)9-10-4-6-12(19)7-5-10/h1-7H,8-9H2,(H,21,22,23,24). The van der Waals surface area contributed by atoms with Crippen molar-refractivity contribution >= 4 is 59.9 Å². The number of hydrogen-bond donors (Lipinski definition) is 1. The Morgan fingerprint density at radius 3 is 2.64 bits per heavy atom. The van der Waals surface area contributed by atoms with E-state index >= 15 is 0 Å². The molecule has 1 amide bonds. The smallest absolute Gasteiger partial charge is 0.261 e. The highest BCUT2D eigenvalue weighted by Crippen LogP contribution is 2.22. The molecular formula is C17H12BrClFN3O3S2. The van der Waals surface area contributed by atoms with Gasteiger partial charge in [-0.25, -0.2) is 12.8 Å². The summed E-state index contributed by atoms with van der Waals surface area (Å²) in [5.41, 5.74) is 0.738. The number of benzene rings is 2. The van der Waals surface area contributed by atoms with Gasteiger partial charge in [0, 0.05) is 16.6 Å². The van der Waals surface area contributed by atoms with Gasteiger partial charge in [0.05, 0.1) is 16.6 Å². The summed E-state index contributed by atoms with van der Waals surface area (Å²) in [7, 11) is -3.78. The van der Waals surface area contributed by atoms with Crippen LogP contribution in [0.15, 0.2) is 52.1 Å². The quantitative estimate of drug-likeness (QED) is 0.542. The number of anilines is 1. The van der Waals surface area contributed by atoms with Gasteiger partial charge in [-0.05, 0) is 45.3 Å². The fourth-order valence-electron chi connectivity index (χ4n) is 2.27. The number of carbonyl (C=O) groups is 1. The van der Waals surface area contributed by atoms with E-state index in [4.69, 9.17) is 11.6 Å². The number of nitrogens with one attached hydrogen (secondary N) is 1. The molecule has 0 unspecified atom stereocenters. The Kier molecular flexibility index (Phi) is 6.43. The van der Waals surface area contributed by atoms with Crippen LogP contribution in [-0.2, 0) is 26.8 Å². The van der Waals surface area contributed by atoms with Gasteiger partial charge in [0.15, 0.2) is 0 Å². The molecule has 0 aliphatic carbocycles. The fraction of sp³-hybridized carbons (Fsp3) is 0.118. The maximum absolute atomic E-state index is 14.0. The summed E-state index contributed by atoms with van der Waals surface area (Å²) in [6.45, 7) is 0. The Hall–Kier alpha value is -1.88. The molecular weight excluding hydrogens is 493 g/mol. The lowest BCUT2D eigenvalue weighted by Gasteiger charge is -2.04. The first-order valence-electron chi connectivity index (χ1n) is 7.78. The van der Waals surface area contributed by atoms with Gasteiger partial charge in [0.25, 0.3) is 5.16 Å². The molecule has 146 valence electrons. The summed E-state index contributed by atoms with van der Waals surface area (Å²) in [5.74, 6) is -1.35. The maximum Gasteiger partial charge on any atom is 0.261 e. The molecule has 0 bridgehead atoms. The van der Waals surface area contributed by atoms with E-state index in [1.165, 1.54) is 12.1 Å². The van der Waals surface area contributed by atoms with Gasteiger partial charge < -0.3 is 5.32 Å². The zero-order valence-electron chi connectivity index (χ0n) is 14.0. The summed E-state index contributed by atoms with van der Waals surface area (Å²) in [5, 5.41) is 2.59. The van der Waals surface area contributed by atoms with Crippen LogP contribution in [0.25, 0.3) is 0 Å². The largest absolute Gasteiger partial charge is 0.300 e. The van der Waals surface area contributed by atoms with Crippen LogP contribution in [0.2, 0.25) is 5.02 Å². The molecule has 3 rings (SSSR count). The third kappa shape index (κ3) is 5.13. The molecule has 1 N–H and O–H groups in total. The van der Waals surface area contributed by atoms with Gasteiger partial charge in [0.2, 0.25) is 20.9 Å². The van der Waals surface area contributed by atoms with Gasteiger partial charge >= 0.3 is 0 Å². The van der Waals surface area contributed by atoms with Crippen LogP contribution in [0.4, 0.5) is 9.52 Å². The van der Waals surface area contributed by atoms with Crippen LogP contribution in [0.5, 0.6) is 0 Å². The molecule has 0 spiro atoms. The Labute approximate surface area is 178 Å². The molecule has 0 aliphatic rings. The van der Waals surface area contributed by atoms with Crippen LogP contribution in [0.3, 0.4) is 0 Å². The average Bonchev–Trinajstić information content (AvgIpc) is 3.10. The third-order valence-electron chi connectivity index (χ3n) is 3.58. The second-order valence-corrected chi connectivity index (χ2v) is 9.63. The molecule has 0 saturated carbocycles. The van der Waals surface area contributed by atoms with Crippen molar-refractivity contribution in [3.63, 3.8) is 0 Å². The highest BCUT2D eigenvalue weighted by atomic mass is 79.9. The minimum atomic E-state index is -3.78. The number of halogens is 3. The molecule has 11 heteroatoms. The number of sulfone groups is 1. The van der Waals surface area contributed by atoms with Gasteiger partial charge in [0.1, 0.15) is 5.82 Å². The van der Waals surface area contributed by atoms with Crippen molar-refractivity contribution < 1.29 is 17.6 Å². The number of carbonyl (C=O) groups excluding carboxylic acids is 1. The molecule has 0 saturated heterocycles. The first-order chi connectivity index (χ1) is 13.2. The van der Waals surface area contributed by atoms with Crippen LogP contribution in [-0.4, -0.2) is 23.7 Å². The minimum Gasteiger partial charge on any atom is -0.300 e. The zero-order chi connectivity index (χ0) is 20.3. The van der Waals surface area contributed by atoms with E-state index in [-0.39, 0.29) is 32.5 Å². The molecule has 3 aromatic rings. The van der Waals surface area contributed by atoms with Crippen molar-refractivity contribution in [1.82, 2.24) is 9.36 Å². The lowest BCUT2D eigenvalue weighted by molar-refractivity contribution is -0.115. The van der Waals surface area contributed by atoms with E-state index in [1.807, 2.05) is 0 Å². The first-order valence-corrected chi connectivity index (χ1v) is 11.4. The summed E-state index contributed by atoms with van der Waals surface area (Å²) in [6, 6.07) is 11.0. The highest BCUT2D eigenvalue weighted by molar-refractivity contribution is 9.10. The van der Waals surface area contributed by atoms with Gasteiger partial charge in [-0.2, -0.15) is 9.36 Å². The number of hydrogen-bond acceptors (Lipinski definition) is 6. The summed E-state index contributed by atoms with van der Waals surface area (Å²) >= 11 is 9.59. The normalized spacial score (nSPS) is 11.4. The lowest BCUT2D eigenvalue weighted by Crippen LogP contribution is -2.15. The number of aromatic nitrogens is 2. The predicted molar refractivity (Wildman–Crippen MR) is 109 cm³/mol. The maximum atomic E-state index is 14.0. The second-order valence-electron chi connectivity index (χ2n) is 5.71. The average molecular weight is 505 g/mol. The summed E-state index contributed by atoms with van der Waals surface area (Å²) in [6.07, 6.45) is -0.224. The van der Waals surface area contributed by atoms with Gasteiger partial charge in [-0.1, -0.05) is 35.9 Å². The number of nitrogens with zero attached hydrogens (tertiary/aromatic N) is 2. The van der Waals surface area contributed by atoms with Crippen LogP contribution in [0.1, 0.15) is 11.1 Å². The molecule has 1 heterocycles. The van der Waals surface area contributed by atoms with E-state index in [1.54, 1.807) is 30.3 Å². The summed E-state index contributed by atoms with van der Waals surface area (Å²) < 4.78 is 42.9. The Balaban J connectivity index is 1.68. The van der Waals surface area contributed by atoms with Crippen molar-refractivity contribution in [3.8, 4) is 0 Å². The summed E-state index contributed by atoms with van der Waals surface area (Å²) in [4.78, 5) is 16.0. The van der Waals surface area contributed by atoms with E-state index in [0.717, 1.165) is 11.5 Å². The number of amides is 1. The van der Waals surface area contributed by atoms with Crippen LogP contribution < -0.4 is 5.32 Å². The molecule has 0 aliphatic heterocycles. The van der Waals surface area contributed by atoms with E-state index in [0.29, 0.717) is 10.6 Å². The Morgan fingerprint density at radius 1 is 1.21 bits per heavy atom. The molecule has 0 fully saturated rings. The Bertz CT molecular complexity index is 1120. The van der Waals surface area contributed by atoms with Crippen LogP contribution in [0, 0.1) is 5.82 Å². The first kappa shape index (κ1) is 20.8. The molecule has 0 radical (unpaired) electrons. The predicted octanol–water partition coefficient (Wildman–Crippen LogP) is 4.25. The van der Waals surface area contributed by atoms with E-state index < -0.39 is 21.6 Å². The van der Waals surface area contributed by atoms with Gasteiger partial charge in [-0.3, -0.25) is 4.79 Å². The van der Waals surface area contributed by atoms with Crippen molar-refractivity contribution in [2.45, 2.75) is 17.3 Å². The molecule has 28 heavy (non-hydrogen) atoms.